The van der Waals surface area contributed by atoms with Gasteiger partial charge in [-0.15, -0.1) is 0 Å². The largest absolute Gasteiger partial charge is 0.311 e. The molecule has 2 aromatic rings. The van der Waals surface area contributed by atoms with E-state index in [0.29, 0.717) is 4.47 Å². The molecule has 1 aromatic heterocycles. The molecule has 0 saturated heterocycles. The van der Waals surface area contributed by atoms with Crippen LogP contribution in [-0.2, 0) is 6.54 Å². The van der Waals surface area contributed by atoms with Crippen LogP contribution in [0, 0.1) is 5.82 Å². The third kappa shape index (κ3) is 3.17. The van der Waals surface area contributed by atoms with E-state index in [1.807, 2.05) is 18.3 Å². The molecule has 0 amide bonds. The van der Waals surface area contributed by atoms with Crippen molar-refractivity contribution in [1.29, 1.82) is 0 Å². The molecule has 0 aliphatic rings. The van der Waals surface area contributed by atoms with Crippen LogP contribution in [0.2, 0.25) is 0 Å². The second-order valence-electron chi connectivity index (χ2n) is 4.03. The van der Waals surface area contributed by atoms with Crippen molar-refractivity contribution in [3.8, 4) is 5.69 Å². The molecular formula is C13H15BrFN3. The van der Waals surface area contributed by atoms with Gasteiger partial charge in [0.25, 0.3) is 0 Å². The average Bonchev–Trinajstić information content (AvgIpc) is 2.82. The number of halogens is 2. The van der Waals surface area contributed by atoms with Gasteiger partial charge in [-0.1, -0.05) is 6.92 Å². The summed E-state index contributed by atoms with van der Waals surface area (Å²) in [4.78, 5) is 0. The van der Waals surface area contributed by atoms with Crippen LogP contribution in [0.1, 0.15) is 19.0 Å². The van der Waals surface area contributed by atoms with Crippen LogP contribution < -0.4 is 5.32 Å². The van der Waals surface area contributed by atoms with Crippen LogP contribution >= 0.6 is 15.9 Å². The Balaban J connectivity index is 2.11. The summed E-state index contributed by atoms with van der Waals surface area (Å²) in [7, 11) is 0. The van der Waals surface area contributed by atoms with Crippen molar-refractivity contribution in [1.82, 2.24) is 15.1 Å². The summed E-state index contributed by atoms with van der Waals surface area (Å²) in [6.07, 6.45) is 2.93. The van der Waals surface area contributed by atoms with E-state index in [0.717, 1.165) is 30.9 Å². The summed E-state index contributed by atoms with van der Waals surface area (Å²) in [5.41, 5.74) is 1.67. The summed E-state index contributed by atoms with van der Waals surface area (Å²) in [6, 6.07) is 6.90. The fraction of sp³-hybridized carbons (Fsp3) is 0.308. The molecule has 0 unspecified atom stereocenters. The molecule has 0 saturated carbocycles. The minimum absolute atomic E-state index is 0.284. The zero-order valence-corrected chi connectivity index (χ0v) is 11.7. The molecule has 0 radical (unpaired) electrons. The summed E-state index contributed by atoms with van der Waals surface area (Å²) in [6.45, 7) is 3.83. The summed E-state index contributed by atoms with van der Waals surface area (Å²) >= 11 is 3.13. The molecule has 3 nitrogen and oxygen atoms in total. The zero-order chi connectivity index (χ0) is 13.0. The highest BCUT2D eigenvalue weighted by molar-refractivity contribution is 9.10. The maximum absolute atomic E-state index is 13.4. The number of benzene rings is 1. The number of hydrogen-bond donors (Lipinski definition) is 1. The molecule has 0 spiro atoms. The molecular weight excluding hydrogens is 297 g/mol. The van der Waals surface area contributed by atoms with Crippen LogP contribution in [0.15, 0.2) is 34.9 Å². The number of hydrogen-bond acceptors (Lipinski definition) is 2. The fourth-order valence-corrected chi connectivity index (χ4v) is 1.87. The Morgan fingerprint density at radius 2 is 2.22 bits per heavy atom. The molecule has 0 atom stereocenters. The van der Waals surface area contributed by atoms with Crippen molar-refractivity contribution >= 4 is 15.9 Å². The molecule has 0 fully saturated rings. The van der Waals surface area contributed by atoms with Crippen molar-refractivity contribution in [3.63, 3.8) is 0 Å². The van der Waals surface area contributed by atoms with Gasteiger partial charge in [0, 0.05) is 18.8 Å². The molecule has 0 aliphatic carbocycles. The fourth-order valence-electron chi connectivity index (χ4n) is 1.62. The predicted octanol–water partition coefficient (Wildman–Crippen LogP) is 3.27. The van der Waals surface area contributed by atoms with Gasteiger partial charge in [-0.05, 0) is 47.1 Å². The maximum atomic E-state index is 13.4. The lowest BCUT2D eigenvalue weighted by atomic mass is 10.3. The van der Waals surface area contributed by atoms with Gasteiger partial charge in [0.15, 0.2) is 0 Å². The number of aromatic nitrogens is 2. The second-order valence-corrected chi connectivity index (χ2v) is 4.88. The van der Waals surface area contributed by atoms with E-state index in [2.05, 4.69) is 33.3 Å². The minimum atomic E-state index is -0.284. The summed E-state index contributed by atoms with van der Waals surface area (Å²) < 4.78 is 15.6. The SMILES string of the molecule is CCCNCc1ccn(-c2ccc(Br)c(F)c2)n1. The highest BCUT2D eigenvalue weighted by atomic mass is 79.9. The van der Waals surface area contributed by atoms with E-state index in [1.54, 1.807) is 10.7 Å². The Hall–Kier alpha value is -1.20. The Kier molecular flexibility index (Phi) is 4.49. The van der Waals surface area contributed by atoms with Gasteiger partial charge in [-0.2, -0.15) is 5.10 Å². The van der Waals surface area contributed by atoms with Gasteiger partial charge in [0.05, 0.1) is 15.9 Å². The minimum Gasteiger partial charge on any atom is -0.311 e. The zero-order valence-electron chi connectivity index (χ0n) is 10.2. The molecule has 1 N–H and O–H groups in total. The van der Waals surface area contributed by atoms with Gasteiger partial charge in [-0.25, -0.2) is 9.07 Å². The quantitative estimate of drug-likeness (QED) is 0.859. The molecule has 0 bridgehead atoms. The van der Waals surface area contributed by atoms with E-state index in [1.165, 1.54) is 6.07 Å². The van der Waals surface area contributed by atoms with Gasteiger partial charge < -0.3 is 5.32 Å². The maximum Gasteiger partial charge on any atom is 0.139 e. The first-order valence-electron chi connectivity index (χ1n) is 5.91. The number of rotatable bonds is 5. The lowest BCUT2D eigenvalue weighted by Crippen LogP contribution is -2.14. The first-order chi connectivity index (χ1) is 8.70. The second kappa shape index (κ2) is 6.11. The van der Waals surface area contributed by atoms with E-state index >= 15 is 0 Å². The van der Waals surface area contributed by atoms with Gasteiger partial charge >= 0.3 is 0 Å². The third-order valence-electron chi connectivity index (χ3n) is 2.54. The Bertz CT molecular complexity index is 525. The van der Waals surface area contributed by atoms with Gasteiger partial charge in [0.1, 0.15) is 5.82 Å². The summed E-state index contributed by atoms with van der Waals surface area (Å²) in [5.74, 6) is -0.284. The Morgan fingerprint density at radius 3 is 2.94 bits per heavy atom. The average molecular weight is 312 g/mol. The Morgan fingerprint density at radius 1 is 1.39 bits per heavy atom. The molecule has 2 rings (SSSR count). The van der Waals surface area contributed by atoms with Crippen molar-refractivity contribution < 1.29 is 4.39 Å². The monoisotopic (exact) mass is 311 g/mol. The van der Waals surface area contributed by atoms with Crippen LogP contribution in [-0.4, -0.2) is 16.3 Å². The van der Waals surface area contributed by atoms with Crippen molar-refractivity contribution in [2.75, 3.05) is 6.54 Å². The lowest BCUT2D eigenvalue weighted by molar-refractivity contribution is 0.618. The molecule has 18 heavy (non-hydrogen) atoms. The molecule has 1 heterocycles. The standard InChI is InChI=1S/C13H15BrFN3/c1-2-6-16-9-10-5-7-18(17-10)11-3-4-12(14)13(15)8-11/h3-5,7-8,16H,2,6,9H2,1H3. The van der Waals surface area contributed by atoms with Crippen molar-refractivity contribution in [2.24, 2.45) is 0 Å². The lowest BCUT2D eigenvalue weighted by Gasteiger charge is -2.03. The van der Waals surface area contributed by atoms with Crippen LogP contribution in [0.4, 0.5) is 4.39 Å². The van der Waals surface area contributed by atoms with E-state index in [9.17, 15) is 4.39 Å². The normalized spacial score (nSPS) is 10.8. The van der Waals surface area contributed by atoms with Crippen LogP contribution in [0.25, 0.3) is 5.69 Å². The van der Waals surface area contributed by atoms with Crippen molar-refractivity contribution in [3.05, 3.63) is 46.4 Å². The topological polar surface area (TPSA) is 29.9 Å². The van der Waals surface area contributed by atoms with Gasteiger partial charge in [0.2, 0.25) is 0 Å². The third-order valence-corrected chi connectivity index (χ3v) is 3.19. The van der Waals surface area contributed by atoms with E-state index in [4.69, 9.17) is 0 Å². The Labute approximate surface area is 114 Å². The highest BCUT2D eigenvalue weighted by Gasteiger charge is 2.04. The van der Waals surface area contributed by atoms with E-state index in [-0.39, 0.29) is 5.82 Å². The van der Waals surface area contributed by atoms with Crippen LogP contribution in [0.5, 0.6) is 0 Å². The first-order valence-corrected chi connectivity index (χ1v) is 6.70. The molecule has 1 aromatic carbocycles. The first kappa shape index (κ1) is 13.2. The molecule has 5 heteroatoms. The molecule has 0 aliphatic heterocycles. The van der Waals surface area contributed by atoms with Crippen molar-refractivity contribution in [2.45, 2.75) is 19.9 Å². The van der Waals surface area contributed by atoms with Crippen LogP contribution in [0.3, 0.4) is 0 Å². The van der Waals surface area contributed by atoms with Gasteiger partial charge in [-0.3, -0.25) is 0 Å². The predicted molar refractivity (Wildman–Crippen MR) is 73.2 cm³/mol. The summed E-state index contributed by atoms with van der Waals surface area (Å²) in [5, 5.41) is 7.67. The number of nitrogens with zero attached hydrogens (tertiary/aromatic N) is 2. The number of nitrogens with one attached hydrogen (secondary N) is 1. The highest BCUT2D eigenvalue weighted by Crippen LogP contribution is 2.18. The molecule has 96 valence electrons. The smallest absolute Gasteiger partial charge is 0.139 e. The van der Waals surface area contributed by atoms with E-state index < -0.39 is 0 Å².